The molecule has 1 aliphatic rings. The zero-order valence-electron chi connectivity index (χ0n) is 8.67. The maximum atomic E-state index is 12.0. The molecule has 1 fully saturated rings. The summed E-state index contributed by atoms with van der Waals surface area (Å²) in [4.78, 5) is 24.0. The molecule has 2 unspecified atom stereocenters. The van der Waals surface area contributed by atoms with Gasteiger partial charge in [0.25, 0.3) is 5.91 Å². The third-order valence-corrected chi connectivity index (χ3v) is 2.97. The van der Waals surface area contributed by atoms with Gasteiger partial charge in [0.1, 0.15) is 6.04 Å². The second kappa shape index (κ2) is 4.38. The van der Waals surface area contributed by atoms with Crippen LogP contribution in [0.5, 0.6) is 0 Å². The number of carboxylic acids is 1. The molecule has 1 amide bonds. The summed E-state index contributed by atoms with van der Waals surface area (Å²) in [5.41, 5.74) is 0.104. The van der Waals surface area contributed by atoms with Crippen LogP contribution in [0.25, 0.3) is 0 Å². The largest absolute Gasteiger partial charge is 0.480 e. The molecule has 0 aliphatic carbocycles. The van der Waals surface area contributed by atoms with Gasteiger partial charge in [-0.1, -0.05) is 0 Å². The van der Waals surface area contributed by atoms with E-state index in [-0.39, 0.29) is 23.7 Å². The minimum Gasteiger partial charge on any atom is -0.480 e. The summed E-state index contributed by atoms with van der Waals surface area (Å²) in [7, 11) is 0. The van der Waals surface area contributed by atoms with E-state index in [1.807, 2.05) is 0 Å². The van der Waals surface area contributed by atoms with Crippen molar-refractivity contribution >= 4 is 23.5 Å². The highest BCUT2D eigenvalue weighted by Gasteiger charge is 2.40. The molecule has 6 nitrogen and oxygen atoms in total. The number of carboxylic acid groups (broad SMARTS) is 1. The summed E-state index contributed by atoms with van der Waals surface area (Å²) in [6.45, 7) is -0.0166. The molecule has 7 heteroatoms. The van der Waals surface area contributed by atoms with Gasteiger partial charge in [-0.2, -0.15) is 0 Å². The van der Waals surface area contributed by atoms with Crippen molar-refractivity contribution in [2.24, 2.45) is 0 Å². The first kappa shape index (κ1) is 11.9. The van der Waals surface area contributed by atoms with E-state index in [0.29, 0.717) is 0 Å². The number of nitrogens with zero attached hydrogens (tertiary/aromatic N) is 1. The maximum Gasteiger partial charge on any atom is 0.326 e. The summed E-state index contributed by atoms with van der Waals surface area (Å²) in [6, 6.07) is 0.345. The number of hydrogen-bond acceptors (Lipinski definition) is 4. The first-order valence-electron chi connectivity index (χ1n) is 4.95. The highest BCUT2D eigenvalue weighted by Crippen LogP contribution is 2.24. The third-order valence-electron chi connectivity index (χ3n) is 2.67. The predicted molar refractivity (Wildman–Crippen MR) is 56.8 cm³/mol. The summed E-state index contributed by atoms with van der Waals surface area (Å²) in [6.07, 6.45) is 0.444. The first-order valence-corrected chi connectivity index (χ1v) is 5.33. The minimum atomic E-state index is -1.14. The fraction of sp³-hybridized carbons (Fsp3) is 0.400. The van der Waals surface area contributed by atoms with Crippen molar-refractivity contribution in [3.05, 3.63) is 23.1 Å². The molecule has 2 heterocycles. The summed E-state index contributed by atoms with van der Waals surface area (Å²) in [5, 5.41) is 18.3. The van der Waals surface area contributed by atoms with Gasteiger partial charge in [0.2, 0.25) is 5.22 Å². The van der Waals surface area contributed by atoms with Crippen LogP contribution in [0.15, 0.2) is 16.7 Å². The summed E-state index contributed by atoms with van der Waals surface area (Å²) < 4.78 is 4.78. The van der Waals surface area contributed by atoms with Crippen LogP contribution in [0, 0.1) is 0 Å². The Morgan fingerprint density at radius 1 is 1.53 bits per heavy atom. The fourth-order valence-corrected chi connectivity index (χ4v) is 2.07. The number of likely N-dealkylation sites (tertiary alicyclic amines) is 1. The molecule has 1 aliphatic heterocycles. The Labute approximate surface area is 101 Å². The SMILES string of the molecule is O=C(O)C1CC(O)CN1C(=O)c1ccoc1Cl. The lowest BCUT2D eigenvalue weighted by molar-refractivity contribution is -0.141. The summed E-state index contributed by atoms with van der Waals surface area (Å²) >= 11 is 5.65. The highest BCUT2D eigenvalue weighted by molar-refractivity contribution is 6.32. The van der Waals surface area contributed by atoms with Gasteiger partial charge in [-0.15, -0.1) is 0 Å². The molecule has 2 rings (SSSR count). The highest BCUT2D eigenvalue weighted by atomic mass is 35.5. The number of hydrogen-bond donors (Lipinski definition) is 2. The van der Waals surface area contributed by atoms with E-state index in [4.69, 9.17) is 21.1 Å². The van der Waals surface area contributed by atoms with Gasteiger partial charge in [-0.3, -0.25) is 4.79 Å². The van der Waals surface area contributed by atoms with Gasteiger partial charge in [0.15, 0.2) is 0 Å². The van der Waals surface area contributed by atoms with Crippen LogP contribution < -0.4 is 0 Å². The molecule has 0 spiro atoms. The van der Waals surface area contributed by atoms with Crippen molar-refractivity contribution in [1.82, 2.24) is 4.90 Å². The molecule has 1 aromatic heterocycles. The molecule has 0 bridgehead atoms. The van der Waals surface area contributed by atoms with Crippen LogP contribution in [0.4, 0.5) is 0 Å². The quantitative estimate of drug-likeness (QED) is 0.811. The van der Waals surface area contributed by atoms with E-state index in [0.717, 1.165) is 4.90 Å². The van der Waals surface area contributed by atoms with Crippen LogP contribution >= 0.6 is 11.6 Å². The second-order valence-electron chi connectivity index (χ2n) is 3.81. The Morgan fingerprint density at radius 2 is 2.24 bits per heavy atom. The van der Waals surface area contributed by atoms with Gasteiger partial charge in [-0.25, -0.2) is 4.79 Å². The van der Waals surface area contributed by atoms with Crippen molar-refractivity contribution in [3.8, 4) is 0 Å². The number of aliphatic hydroxyl groups excluding tert-OH is 1. The first-order chi connectivity index (χ1) is 8.00. The monoisotopic (exact) mass is 259 g/mol. The van der Waals surface area contributed by atoms with E-state index in [1.54, 1.807) is 0 Å². The smallest absolute Gasteiger partial charge is 0.326 e. The molecule has 92 valence electrons. The van der Waals surface area contributed by atoms with Crippen molar-refractivity contribution in [2.75, 3.05) is 6.54 Å². The van der Waals surface area contributed by atoms with Crippen molar-refractivity contribution in [3.63, 3.8) is 0 Å². The molecule has 2 atom stereocenters. The lowest BCUT2D eigenvalue weighted by Gasteiger charge is -2.20. The number of carbonyl (C=O) groups is 2. The molecule has 1 saturated heterocycles. The normalized spacial score (nSPS) is 24.0. The maximum absolute atomic E-state index is 12.0. The lowest BCUT2D eigenvalue weighted by Crippen LogP contribution is -2.40. The van der Waals surface area contributed by atoms with Gasteiger partial charge >= 0.3 is 5.97 Å². The Balaban J connectivity index is 2.25. The molecule has 0 saturated carbocycles. The third kappa shape index (κ3) is 2.13. The zero-order valence-corrected chi connectivity index (χ0v) is 9.42. The molecule has 17 heavy (non-hydrogen) atoms. The van der Waals surface area contributed by atoms with E-state index >= 15 is 0 Å². The van der Waals surface area contributed by atoms with Crippen molar-refractivity contribution < 1.29 is 24.2 Å². The molecular formula is C10H10ClNO5. The average Bonchev–Trinajstić information content (AvgIpc) is 2.83. The van der Waals surface area contributed by atoms with Crippen molar-refractivity contribution in [1.29, 1.82) is 0 Å². The van der Waals surface area contributed by atoms with Gasteiger partial charge in [0.05, 0.1) is 17.9 Å². The number of halogens is 1. The Bertz CT molecular complexity index is 457. The number of aliphatic carboxylic acids is 1. The Kier molecular flexibility index (Phi) is 3.08. The molecular weight excluding hydrogens is 250 g/mol. The van der Waals surface area contributed by atoms with E-state index in [9.17, 15) is 14.7 Å². The van der Waals surface area contributed by atoms with E-state index < -0.39 is 24.0 Å². The van der Waals surface area contributed by atoms with E-state index in [2.05, 4.69) is 0 Å². The van der Waals surface area contributed by atoms with Gasteiger partial charge in [-0.05, 0) is 17.7 Å². The number of furan rings is 1. The van der Waals surface area contributed by atoms with Crippen LogP contribution in [-0.4, -0.2) is 45.7 Å². The number of β-amino-alcohol motifs (C(OH)–C–C–N with tert-alkyl or cyclic N) is 1. The lowest BCUT2D eigenvalue weighted by atomic mass is 10.2. The zero-order chi connectivity index (χ0) is 12.6. The number of carbonyl (C=O) groups excluding carboxylic acids is 1. The Morgan fingerprint density at radius 3 is 2.76 bits per heavy atom. The van der Waals surface area contributed by atoms with Crippen LogP contribution in [-0.2, 0) is 4.79 Å². The van der Waals surface area contributed by atoms with Gasteiger partial charge < -0.3 is 19.5 Å². The second-order valence-corrected chi connectivity index (χ2v) is 4.15. The van der Waals surface area contributed by atoms with Gasteiger partial charge in [0, 0.05) is 13.0 Å². The topological polar surface area (TPSA) is 91.0 Å². The van der Waals surface area contributed by atoms with E-state index in [1.165, 1.54) is 12.3 Å². The van der Waals surface area contributed by atoms with Crippen LogP contribution in [0.3, 0.4) is 0 Å². The molecule has 1 aromatic rings. The number of rotatable bonds is 2. The minimum absolute atomic E-state index is 0.0166. The molecule has 0 radical (unpaired) electrons. The number of amides is 1. The number of aliphatic hydroxyl groups is 1. The van der Waals surface area contributed by atoms with Crippen LogP contribution in [0.2, 0.25) is 5.22 Å². The standard InChI is InChI=1S/C10H10ClNO5/c11-8-6(1-2-17-8)9(14)12-4-5(13)3-7(12)10(15)16/h1-2,5,7,13H,3-4H2,(H,15,16). The summed E-state index contributed by atoms with van der Waals surface area (Å²) in [5.74, 6) is -1.69. The predicted octanol–water partition coefficient (Wildman–Crippen LogP) is 0.593. The average molecular weight is 260 g/mol. The van der Waals surface area contributed by atoms with Crippen molar-refractivity contribution in [2.45, 2.75) is 18.6 Å². The van der Waals surface area contributed by atoms with Crippen LogP contribution in [0.1, 0.15) is 16.8 Å². The fourth-order valence-electron chi connectivity index (χ4n) is 1.87. The molecule has 0 aromatic carbocycles. The Hall–Kier alpha value is -1.53. The molecule has 2 N–H and O–H groups in total.